The Morgan fingerprint density at radius 1 is 1.16 bits per heavy atom. The fourth-order valence-electron chi connectivity index (χ4n) is 4.14. The quantitative estimate of drug-likeness (QED) is 0.629. The number of aliphatic hydroxyl groups is 1. The predicted molar refractivity (Wildman–Crippen MR) is 114 cm³/mol. The first-order valence-electron chi connectivity index (χ1n) is 10.7. The number of nitrogens with zero attached hydrogens (tertiary/aromatic N) is 1. The average molecular weight is 426 g/mol. The number of nitrogens with one attached hydrogen (secondary N) is 1. The van der Waals surface area contributed by atoms with E-state index < -0.39 is 11.6 Å². The van der Waals surface area contributed by atoms with Crippen LogP contribution < -0.4 is 11.1 Å². The summed E-state index contributed by atoms with van der Waals surface area (Å²) in [5.41, 5.74) is 7.66. The normalized spacial score (nSPS) is 20.0. The van der Waals surface area contributed by atoms with Crippen molar-refractivity contribution in [2.24, 2.45) is 5.73 Å². The van der Waals surface area contributed by atoms with Crippen molar-refractivity contribution in [2.45, 2.75) is 56.3 Å². The van der Waals surface area contributed by atoms with E-state index in [9.17, 15) is 19.1 Å². The molecule has 6 nitrogen and oxygen atoms in total. The van der Waals surface area contributed by atoms with E-state index in [0.717, 1.165) is 11.1 Å². The Morgan fingerprint density at radius 2 is 1.84 bits per heavy atom. The number of halogens is 1. The van der Waals surface area contributed by atoms with Gasteiger partial charge in [0.25, 0.3) is 5.91 Å². The van der Waals surface area contributed by atoms with Gasteiger partial charge in [0.2, 0.25) is 5.91 Å². The van der Waals surface area contributed by atoms with Crippen LogP contribution in [0, 0.1) is 5.82 Å². The van der Waals surface area contributed by atoms with E-state index in [2.05, 4.69) is 5.32 Å². The summed E-state index contributed by atoms with van der Waals surface area (Å²) in [5, 5.41) is 12.8. The van der Waals surface area contributed by atoms with Crippen molar-refractivity contribution < 1.29 is 19.1 Å². The molecule has 0 radical (unpaired) electrons. The molecule has 4 N–H and O–H groups in total. The van der Waals surface area contributed by atoms with Crippen LogP contribution in [0.25, 0.3) is 0 Å². The molecule has 0 bridgehead atoms. The Labute approximate surface area is 181 Å². The minimum absolute atomic E-state index is 0.0882. The number of carbonyl (C=O) groups is 2. The minimum Gasteiger partial charge on any atom is -0.380 e. The Balaban J connectivity index is 1.44. The third-order valence-corrected chi connectivity index (χ3v) is 6.20. The molecular weight excluding hydrogens is 397 g/mol. The second-order valence-electron chi connectivity index (χ2n) is 8.65. The van der Waals surface area contributed by atoms with E-state index in [4.69, 9.17) is 5.73 Å². The van der Waals surface area contributed by atoms with Crippen molar-refractivity contribution in [2.75, 3.05) is 6.54 Å². The van der Waals surface area contributed by atoms with Gasteiger partial charge in [-0.2, -0.15) is 0 Å². The molecule has 7 heteroatoms. The molecule has 4 rings (SSSR count). The van der Waals surface area contributed by atoms with Gasteiger partial charge >= 0.3 is 0 Å². The van der Waals surface area contributed by atoms with Gasteiger partial charge < -0.3 is 21.1 Å². The smallest absolute Gasteiger partial charge is 0.252 e. The van der Waals surface area contributed by atoms with Gasteiger partial charge in [-0.25, -0.2) is 4.39 Å². The third kappa shape index (κ3) is 4.94. The summed E-state index contributed by atoms with van der Waals surface area (Å²) in [4.78, 5) is 27.1. The molecule has 0 spiro atoms. The minimum atomic E-state index is -1.25. The Morgan fingerprint density at radius 3 is 2.55 bits per heavy atom. The van der Waals surface area contributed by atoms with Crippen LogP contribution in [-0.4, -0.2) is 46.1 Å². The summed E-state index contributed by atoms with van der Waals surface area (Å²) >= 11 is 0. The fraction of sp³-hybridized carbons (Fsp3) is 0.417. The highest BCUT2D eigenvalue weighted by Gasteiger charge is 2.48. The first-order valence-corrected chi connectivity index (χ1v) is 10.7. The van der Waals surface area contributed by atoms with Crippen LogP contribution in [-0.2, 0) is 29.0 Å². The molecule has 1 heterocycles. The topological polar surface area (TPSA) is 95.7 Å². The highest BCUT2D eigenvalue weighted by Crippen LogP contribution is 2.35. The first kappa shape index (κ1) is 21.5. The van der Waals surface area contributed by atoms with Gasteiger partial charge in [0, 0.05) is 25.6 Å². The van der Waals surface area contributed by atoms with Crippen LogP contribution in [0.15, 0.2) is 48.5 Å². The molecule has 0 aromatic heterocycles. The van der Waals surface area contributed by atoms with Crippen molar-refractivity contribution in [3.63, 3.8) is 0 Å². The maximum absolute atomic E-state index is 13.9. The number of carbonyl (C=O) groups excluding carboxylic acids is 2. The van der Waals surface area contributed by atoms with E-state index >= 15 is 0 Å². The second-order valence-corrected chi connectivity index (χ2v) is 8.65. The van der Waals surface area contributed by atoms with E-state index in [1.54, 1.807) is 23.1 Å². The summed E-state index contributed by atoms with van der Waals surface area (Å²) < 4.78 is 13.9. The maximum Gasteiger partial charge on any atom is 0.252 e. The van der Waals surface area contributed by atoms with E-state index in [1.807, 2.05) is 24.3 Å². The van der Waals surface area contributed by atoms with Crippen molar-refractivity contribution in [3.05, 3.63) is 71.0 Å². The van der Waals surface area contributed by atoms with Crippen LogP contribution in [0.1, 0.15) is 36.0 Å². The van der Waals surface area contributed by atoms with E-state index in [0.29, 0.717) is 31.4 Å². The monoisotopic (exact) mass is 425 g/mol. The van der Waals surface area contributed by atoms with Gasteiger partial charge in [-0.3, -0.25) is 9.59 Å². The number of amides is 2. The molecule has 2 aromatic carbocycles. The van der Waals surface area contributed by atoms with Gasteiger partial charge in [-0.1, -0.05) is 42.5 Å². The zero-order valence-electron chi connectivity index (χ0n) is 17.4. The summed E-state index contributed by atoms with van der Waals surface area (Å²) in [7, 11) is 0. The lowest BCUT2D eigenvalue weighted by Crippen LogP contribution is -2.52. The molecule has 164 valence electrons. The highest BCUT2D eigenvalue weighted by molar-refractivity contribution is 5.87. The lowest BCUT2D eigenvalue weighted by atomic mass is 9.93. The molecule has 1 aliphatic heterocycles. The molecule has 31 heavy (non-hydrogen) atoms. The predicted octanol–water partition coefficient (Wildman–Crippen LogP) is 1.68. The molecule has 1 saturated carbocycles. The van der Waals surface area contributed by atoms with Gasteiger partial charge in [-0.15, -0.1) is 0 Å². The molecule has 1 aliphatic carbocycles. The molecule has 0 unspecified atom stereocenters. The second kappa shape index (κ2) is 8.77. The first-order chi connectivity index (χ1) is 14.9. The van der Waals surface area contributed by atoms with Gasteiger partial charge in [0.05, 0.1) is 6.04 Å². The lowest BCUT2D eigenvalue weighted by molar-refractivity contribution is -0.137. The molecule has 1 fully saturated rings. The third-order valence-electron chi connectivity index (χ3n) is 6.20. The van der Waals surface area contributed by atoms with Gasteiger partial charge in [0.15, 0.2) is 0 Å². The summed E-state index contributed by atoms with van der Waals surface area (Å²) in [5.74, 6) is -0.825. The van der Waals surface area contributed by atoms with Crippen molar-refractivity contribution >= 4 is 11.8 Å². The largest absolute Gasteiger partial charge is 0.380 e. The molecular formula is C24H28FN3O3. The number of fused-ring (bicyclic) bond motifs is 1. The maximum atomic E-state index is 13.9. The van der Waals surface area contributed by atoms with Crippen molar-refractivity contribution in [1.29, 1.82) is 0 Å². The van der Waals surface area contributed by atoms with Crippen LogP contribution in [0.3, 0.4) is 0 Å². The van der Waals surface area contributed by atoms with Crippen LogP contribution in [0.2, 0.25) is 0 Å². The van der Waals surface area contributed by atoms with Gasteiger partial charge in [-0.05, 0) is 48.4 Å². The van der Waals surface area contributed by atoms with Crippen LogP contribution in [0.4, 0.5) is 4.39 Å². The Hall–Kier alpha value is -2.77. The zero-order chi connectivity index (χ0) is 22.0. The van der Waals surface area contributed by atoms with Crippen molar-refractivity contribution in [3.8, 4) is 0 Å². The fourth-order valence-corrected chi connectivity index (χ4v) is 4.14. The summed E-state index contributed by atoms with van der Waals surface area (Å²) in [6.45, 7) is 0.704. The molecule has 0 saturated heterocycles. The summed E-state index contributed by atoms with van der Waals surface area (Å²) in [6, 6.07) is 13.6. The van der Waals surface area contributed by atoms with Crippen LogP contribution in [0.5, 0.6) is 0 Å². The molecule has 2 aromatic rings. The van der Waals surface area contributed by atoms with E-state index in [-0.39, 0.29) is 43.1 Å². The number of rotatable bonds is 7. The lowest BCUT2D eigenvalue weighted by Gasteiger charge is -2.38. The highest BCUT2D eigenvalue weighted by atomic mass is 19.1. The zero-order valence-corrected chi connectivity index (χ0v) is 17.4. The average Bonchev–Trinajstić information content (AvgIpc) is 3.51. The number of nitrogens with two attached hydrogens (primary N) is 1. The Kier molecular flexibility index (Phi) is 6.07. The number of hydrogen-bond acceptors (Lipinski definition) is 4. The van der Waals surface area contributed by atoms with Gasteiger partial charge in [0.1, 0.15) is 11.4 Å². The Bertz CT molecular complexity index is 976. The summed E-state index contributed by atoms with van der Waals surface area (Å²) in [6.07, 6.45) is 1.92. The molecule has 2 aliphatic rings. The molecule has 2 amide bonds. The van der Waals surface area contributed by atoms with E-state index in [1.165, 1.54) is 6.07 Å². The number of hydrogen-bond donors (Lipinski definition) is 3. The number of benzene rings is 2. The molecule has 2 atom stereocenters. The standard InChI is InChI=1S/C24H28FN3O3/c25-21-8-4-3-6-17(21)11-19(26)13-22(29)28-15-18-7-2-1-5-16(18)12-20(28)14-27-23(30)24(31)9-10-24/h1-8,19-20,31H,9-15,26H2,(H,27,30)/t19-,20+/m1/s1. The van der Waals surface area contributed by atoms with Crippen molar-refractivity contribution in [1.82, 2.24) is 10.2 Å². The SMILES string of the molecule is N[C@@H](CC(=O)N1Cc2ccccc2C[C@H]1CNC(=O)C1(O)CC1)Cc1ccccc1F. The van der Waals surface area contributed by atoms with Crippen LogP contribution >= 0.6 is 0 Å².